The molecule has 0 saturated heterocycles. The van der Waals surface area contributed by atoms with E-state index in [2.05, 4.69) is 26.1 Å². The molecule has 0 aromatic heterocycles. The second kappa shape index (κ2) is 8.28. The summed E-state index contributed by atoms with van der Waals surface area (Å²) in [5, 5.41) is 2.75. The lowest BCUT2D eigenvalue weighted by Crippen LogP contribution is -2.42. The SMILES string of the molecule is CCCOC(=O)CNC(=O)[C@@H]1C[C@H](C)CC[C@H]1C(C)C. The number of esters is 1. The summed E-state index contributed by atoms with van der Waals surface area (Å²) in [5.41, 5.74) is 0. The Labute approximate surface area is 122 Å². The summed E-state index contributed by atoms with van der Waals surface area (Å²) >= 11 is 0. The maximum atomic E-state index is 12.3. The molecule has 0 aromatic rings. The van der Waals surface area contributed by atoms with Gasteiger partial charge in [0.05, 0.1) is 6.61 Å². The fourth-order valence-corrected chi connectivity index (χ4v) is 3.06. The highest BCUT2D eigenvalue weighted by Crippen LogP contribution is 2.37. The minimum atomic E-state index is -0.342. The number of amides is 1. The third kappa shape index (κ3) is 5.14. The molecule has 1 amide bonds. The highest BCUT2D eigenvalue weighted by atomic mass is 16.5. The van der Waals surface area contributed by atoms with E-state index in [1.807, 2.05) is 6.92 Å². The van der Waals surface area contributed by atoms with Crippen molar-refractivity contribution in [2.45, 2.75) is 53.4 Å². The summed E-state index contributed by atoms with van der Waals surface area (Å²) < 4.78 is 4.97. The minimum Gasteiger partial charge on any atom is -0.464 e. The molecule has 0 spiro atoms. The molecule has 1 saturated carbocycles. The van der Waals surface area contributed by atoms with Crippen molar-refractivity contribution in [3.05, 3.63) is 0 Å². The predicted octanol–water partition coefficient (Wildman–Crippen LogP) is 2.76. The number of carbonyl (C=O) groups excluding carboxylic acids is 2. The molecule has 3 atom stereocenters. The van der Waals surface area contributed by atoms with Crippen LogP contribution in [0.1, 0.15) is 53.4 Å². The van der Waals surface area contributed by atoms with E-state index in [1.54, 1.807) is 0 Å². The summed E-state index contributed by atoms with van der Waals surface area (Å²) in [6.07, 6.45) is 4.04. The maximum absolute atomic E-state index is 12.3. The van der Waals surface area contributed by atoms with Crippen molar-refractivity contribution in [1.82, 2.24) is 5.32 Å². The Morgan fingerprint density at radius 1 is 1.30 bits per heavy atom. The lowest BCUT2D eigenvalue weighted by Gasteiger charge is -2.36. The molecule has 1 N–H and O–H groups in total. The third-order valence-corrected chi connectivity index (χ3v) is 4.23. The first kappa shape index (κ1) is 17.0. The summed E-state index contributed by atoms with van der Waals surface area (Å²) in [4.78, 5) is 23.7. The van der Waals surface area contributed by atoms with E-state index >= 15 is 0 Å². The summed E-state index contributed by atoms with van der Waals surface area (Å²) in [6, 6.07) is 0. The number of carbonyl (C=O) groups is 2. The molecule has 0 radical (unpaired) electrons. The number of ether oxygens (including phenoxy) is 1. The molecule has 116 valence electrons. The number of hydrogen-bond donors (Lipinski definition) is 1. The van der Waals surface area contributed by atoms with Crippen LogP contribution in [0.25, 0.3) is 0 Å². The van der Waals surface area contributed by atoms with Crippen molar-refractivity contribution < 1.29 is 14.3 Å². The van der Waals surface area contributed by atoms with Crippen LogP contribution < -0.4 is 5.32 Å². The largest absolute Gasteiger partial charge is 0.464 e. The van der Waals surface area contributed by atoms with Crippen molar-refractivity contribution in [3.8, 4) is 0 Å². The lowest BCUT2D eigenvalue weighted by atomic mass is 9.70. The molecule has 1 aliphatic rings. The fourth-order valence-electron chi connectivity index (χ4n) is 3.06. The van der Waals surface area contributed by atoms with Gasteiger partial charge in [-0.25, -0.2) is 0 Å². The van der Waals surface area contributed by atoms with Gasteiger partial charge in [0.1, 0.15) is 6.54 Å². The summed E-state index contributed by atoms with van der Waals surface area (Å²) in [6.45, 7) is 8.92. The monoisotopic (exact) mass is 283 g/mol. The van der Waals surface area contributed by atoms with Crippen molar-refractivity contribution in [2.75, 3.05) is 13.2 Å². The molecule has 1 aliphatic carbocycles. The van der Waals surface area contributed by atoms with Gasteiger partial charge >= 0.3 is 5.97 Å². The van der Waals surface area contributed by atoms with Crippen molar-refractivity contribution in [2.24, 2.45) is 23.7 Å². The quantitative estimate of drug-likeness (QED) is 0.763. The molecule has 20 heavy (non-hydrogen) atoms. The molecule has 0 unspecified atom stereocenters. The Kier molecular flexibility index (Phi) is 7.03. The normalized spacial score (nSPS) is 26.4. The van der Waals surface area contributed by atoms with Crippen molar-refractivity contribution >= 4 is 11.9 Å². The average Bonchev–Trinajstić information content (AvgIpc) is 2.41. The fraction of sp³-hybridized carbons (Fsp3) is 0.875. The molecule has 1 fully saturated rings. The Balaban J connectivity index is 2.48. The molecule has 0 bridgehead atoms. The van der Waals surface area contributed by atoms with Crippen LogP contribution >= 0.6 is 0 Å². The van der Waals surface area contributed by atoms with Gasteiger partial charge in [-0.2, -0.15) is 0 Å². The van der Waals surface area contributed by atoms with Gasteiger partial charge in [-0.1, -0.05) is 34.1 Å². The van der Waals surface area contributed by atoms with Crippen LogP contribution in [0.5, 0.6) is 0 Å². The number of nitrogens with one attached hydrogen (secondary N) is 1. The van der Waals surface area contributed by atoms with Crippen molar-refractivity contribution in [3.63, 3.8) is 0 Å². The van der Waals surface area contributed by atoms with Crippen LogP contribution in [-0.4, -0.2) is 25.0 Å². The van der Waals surface area contributed by atoms with Crippen LogP contribution in [-0.2, 0) is 14.3 Å². The maximum Gasteiger partial charge on any atom is 0.325 e. The second-order valence-corrected chi connectivity index (χ2v) is 6.37. The number of hydrogen-bond acceptors (Lipinski definition) is 3. The van der Waals surface area contributed by atoms with Gasteiger partial charge in [0.2, 0.25) is 5.91 Å². The molecular weight excluding hydrogens is 254 g/mol. The third-order valence-electron chi connectivity index (χ3n) is 4.23. The Bertz CT molecular complexity index is 328. The second-order valence-electron chi connectivity index (χ2n) is 6.37. The van der Waals surface area contributed by atoms with Crippen LogP contribution in [0.4, 0.5) is 0 Å². The van der Waals surface area contributed by atoms with Gasteiger partial charge in [0, 0.05) is 5.92 Å². The Hall–Kier alpha value is -1.06. The van der Waals surface area contributed by atoms with Gasteiger partial charge in [-0.3, -0.25) is 9.59 Å². The highest BCUT2D eigenvalue weighted by molar-refractivity contribution is 5.83. The first-order valence-electron chi connectivity index (χ1n) is 7.89. The van der Waals surface area contributed by atoms with E-state index in [-0.39, 0.29) is 24.3 Å². The first-order chi connectivity index (χ1) is 9.45. The van der Waals surface area contributed by atoms with E-state index in [4.69, 9.17) is 4.74 Å². The molecular formula is C16H29NO3. The summed E-state index contributed by atoms with van der Waals surface area (Å²) in [7, 11) is 0. The van der Waals surface area contributed by atoms with E-state index in [9.17, 15) is 9.59 Å². The van der Waals surface area contributed by atoms with Crippen LogP contribution in [0.15, 0.2) is 0 Å². The topological polar surface area (TPSA) is 55.4 Å². The predicted molar refractivity (Wildman–Crippen MR) is 79.1 cm³/mol. The zero-order chi connectivity index (χ0) is 15.1. The van der Waals surface area contributed by atoms with E-state index < -0.39 is 0 Å². The van der Waals surface area contributed by atoms with Gasteiger partial charge in [0.15, 0.2) is 0 Å². The van der Waals surface area contributed by atoms with Gasteiger partial charge in [-0.15, -0.1) is 0 Å². The van der Waals surface area contributed by atoms with E-state index in [0.29, 0.717) is 24.4 Å². The zero-order valence-corrected chi connectivity index (χ0v) is 13.3. The van der Waals surface area contributed by atoms with E-state index in [1.165, 1.54) is 6.42 Å². The standard InChI is InChI=1S/C16H29NO3/c1-5-8-20-15(18)10-17-16(19)14-9-12(4)6-7-13(14)11(2)3/h11-14H,5-10H2,1-4H3,(H,17,19)/t12-,13+,14-/m1/s1. The van der Waals surface area contributed by atoms with E-state index in [0.717, 1.165) is 19.3 Å². The molecule has 0 heterocycles. The molecule has 4 heteroatoms. The summed E-state index contributed by atoms with van der Waals surface area (Å²) in [5.74, 6) is 1.24. The average molecular weight is 283 g/mol. The molecule has 4 nitrogen and oxygen atoms in total. The van der Waals surface area contributed by atoms with Gasteiger partial charge in [-0.05, 0) is 37.0 Å². The molecule has 0 aromatic carbocycles. The van der Waals surface area contributed by atoms with Gasteiger partial charge in [0.25, 0.3) is 0 Å². The van der Waals surface area contributed by atoms with Crippen LogP contribution in [0.3, 0.4) is 0 Å². The Morgan fingerprint density at radius 3 is 2.60 bits per heavy atom. The molecule has 1 rings (SSSR count). The smallest absolute Gasteiger partial charge is 0.325 e. The van der Waals surface area contributed by atoms with Crippen LogP contribution in [0, 0.1) is 23.7 Å². The lowest BCUT2D eigenvalue weighted by molar-refractivity contribution is -0.144. The Morgan fingerprint density at radius 2 is 2.00 bits per heavy atom. The van der Waals surface area contributed by atoms with Gasteiger partial charge < -0.3 is 10.1 Å². The zero-order valence-electron chi connectivity index (χ0n) is 13.3. The first-order valence-corrected chi connectivity index (χ1v) is 7.89. The molecule has 0 aliphatic heterocycles. The highest BCUT2D eigenvalue weighted by Gasteiger charge is 2.35. The number of rotatable bonds is 6. The van der Waals surface area contributed by atoms with Crippen LogP contribution in [0.2, 0.25) is 0 Å². The minimum absolute atomic E-state index is 0.00543. The van der Waals surface area contributed by atoms with Crippen molar-refractivity contribution in [1.29, 1.82) is 0 Å².